The van der Waals surface area contributed by atoms with E-state index in [1.807, 2.05) is 6.07 Å². The average molecular weight is 237 g/mol. The molecule has 1 aromatic carbocycles. The average Bonchev–Trinajstić information content (AvgIpc) is 2.71. The van der Waals surface area contributed by atoms with Gasteiger partial charge in [-0.15, -0.1) is 5.06 Å². The minimum absolute atomic E-state index is 0.233. The quantitative estimate of drug-likeness (QED) is 0.785. The summed E-state index contributed by atoms with van der Waals surface area (Å²) in [6.07, 6.45) is -0.156. The summed E-state index contributed by atoms with van der Waals surface area (Å²) >= 11 is 0. The molecule has 0 radical (unpaired) electrons. The topological polar surface area (TPSA) is 70.0 Å². The molecule has 0 amide bonds. The Hall–Kier alpha value is -1.43. The second-order valence-electron chi connectivity index (χ2n) is 3.99. The fourth-order valence-electron chi connectivity index (χ4n) is 1.87. The Labute approximate surface area is 99.2 Å². The van der Waals surface area contributed by atoms with Gasteiger partial charge in [-0.2, -0.15) is 0 Å². The predicted octanol–water partition coefficient (Wildman–Crippen LogP) is 0.186. The van der Waals surface area contributed by atoms with Gasteiger partial charge < -0.3 is 15.1 Å². The molecule has 2 N–H and O–H groups in total. The van der Waals surface area contributed by atoms with Crippen LogP contribution in [0, 0.1) is 0 Å². The van der Waals surface area contributed by atoms with Crippen LogP contribution in [0.3, 0.4) is 0 Å². The number of benzene rings is 1. The second kappa shape index (κ2) is 5.27. The van der Waals surface area contributed by atoms with Crippen molar-refractivity contribution in [1.82, 2.24) is 5.06 Å². The molecule has 5 nitrogen and oxygen atoms in total. The SMILES string of the molecule is O=C(ON1CCC(O)C1CO)c1ccccc1. The molecule has 0 saturated carbocycles. The fraction of sp³-hybridized carbons (Fsp3) is 0.417. The molecule has 1 saturated heterocycles. The lowest BCUT2D eigenvalue weighted by molar-refractivity contribution is -0.138. The van der Waals surface area contributed by atoms with Gasteiger partial charge in [0.1, 0.15) is 0 Å². The van der Waals surface area contributed by atoms with Crippen LogP contribution in [0.1, 0.15) is 16.8 Å². The molecule has 17 heavy (non-hydrogen) atoms. The van der Waals surface area contributed by atoms with E-state index in [2.05, 4.69) is 0 Å². The third kappa shape index (κ3) is 2.63. The monoisotopic (exact) mass is 237 g/mol. The van der Waals surface area contributed by atoms with E-state index in [0.717, 1.165) is 0 Å². The van der Waals surface area contributed by atoms with Crippen molar-refractivity contribution in [2.24, 2.45) is 0 Å². The smallest absolute Gasteiger partial charge is 0.357 e. The van der Waals surface area contributed by atoms with Crippen LogP contribution in [0.15, 0.2) is 30.3 Å². The maximum atomic E-state index is 11.7. The number of hydrogen-bond donors (Lipinski definition) is 2. The molecule has 2 atom stereocenters. The summed E-state index contributed by atoms with van der Waals surface area (Å²) in [6.45, 7) is 0.203. The molecule has 1 heterocycles. The lowest BCUT2D eigenvalue weighted by atomic mass is 10.2. The van der Waals surface area contributed by atoms with Crippen molar-refractivity contribution < 1.29 is 19.8 Å². The highest BCUT2D eigenvalue weighted by Gasteiger charge is 2.35. The highest BCUT2D eigenvalue weighted by Crippen LogP contribution is 2.18. The first-order valence-electron chi connectivity index (χ1n) is 5.55. The summed E-state index contributed by atoms with van der Waals surface area (Å²) in [6, 6.07) is 8.10. The lowest BCUT2D eigenvalue weighted by Gasteiger charge is -2.22. The molecule has 0 bridgehead atoms. The molecule has 1 fully saturated rings. The highest BCUT2D eigenvalue weighted by molar-refractivity contribution is 5.89. The number of rotatable bonds is 3. The van der Waals surface area contributed by atoms with Gasteiger partial charge in [0.15, 0.2) is 0 Å². The van der Waals surface area contributed by atoms with Gasteiger partial charge in [-0.1, -0.05) is 18.2 Å². The first kappa shape index (κ1) is 12.0. The summed E-state index contributed by atoms with van der Waals surface area (Å²) in [5.74, 6) is -0.474. The van der Waals surface area contributed by atoms with Gasteiger partial charge in [-0.05, 0) is 18.6 Å². The first-order valence-corrected chi connectivity index (χ1v) is 5.55. The highest BCUT2D eigenvalue weighted by atomic mass is 16.7. The minimum atomic E-state index is -0.649. The van der Waals surface area contributed by atoms with E-state index in [0.29, 0.717) is 18.5 Å². The van der Waals surface area contributed by atoms with Gasteiger partial charge in [0.2, 0.25) is 0 Å². The number of nitrogens with zero attached hydrogens (tertiary/aromatic N) is 1. The van der Waals surface area contributed by atoms with E-state index >= 15 is 0 Å². The van der Waals surface area contributed by atoms with E-state index in [4.69, 9.17) is 9.94 Å². The van der Waals surface area contributed by atoms with Crippen molar-refractivity contribution in [2.75, 3.05) is 13.2 Å². The van der Waals surface area contributed by atoms with Crippen LogP contribution < -0.4 is 0 Å². The Kier molecular flexibility index (Phi) is 3.73. The van der Waals surface area contributed by atoms with Crippen LogP contribution in [0.2, 0.25) is 0 Å². The van der Waals surface area contributed by atoms with E-state index in [1.54, 1.807) is 24.3 Å². The molecular formula is C12H15NO4. The number of carbonyl (C=O) groups excluding carboxylic acids is 1. The van der Waals surface area contributed by atoms with E-state index in [1.165, 1.54) is 5.06 Å². The van der Waals surface area contributed by atoms with Gasteiger partial charge in [0.25, 0.3) is 0 Å². The summed E-state index contributed by atoms with van der Waals surface area (Å²) in [7, 11) is 0. The number of aliphatic hydroxyl groups is 2. The Morgan fingerprint density at radius 3 is 2.76 bits per heavy atom. The summed E-state index contributed by atoms with van der Waals surface area (Å²) in [5.41, 5.74) is 0.450. The minimum Gasteiger partial charge on any atom is -0.395 e. The van der Waals surface area contributed by atoms with E-state index in [9.17, 15) is 9.90 Å². The number of hydrogen-bond acceptors (Lipinski definition) is 5. The van der Waals surface area contributed by atoms with Gasteiger partial charge in [-0.25, -0.2) is 4.79 Å². The molecule has 92 valence electrons. The number of aliphatic hydroxyl groups excluding tert-OH is 2. The zero-order valence-electron chi connectivity index (χ0n) is 9.32. The maximum absolute atomic E-state index is 11.7. The summed E-state index contributed by atoms with van der Waals surface area (Å²) in [5, 5.41) is 20.0. The second-order valence-corrected chi connectivity index (χ2v) is 3.99. The van der Waals surface area contributed by atoms with Crippen molar-refractivity contribution in [1.29, 1.82) is 0 Å². The molecule has 0 spiro atoms. The van der Waals surface area contributed by atoms with Gasteiger partial charge in [-0.3, -0.25) is 0 Å². The van der Waals surface area contributed by atoms with E-state index < -0.39 is 18.1 Å². The van der Waals surface area contributed by atoms with Crippen LogP contribution in [0.4, 0.5) is 0 Å². The van der Waals surface area contributed by atoms with Gasteiger partial charge in [0.05, 0.1) is 24.3 Å². The molecule has 0 aliphatic carbocycles. The van der Waals surface area contributed by atoms with Crippen LogP contribution in [-0.2, 0) is 4.84 Å². The van der Waals surface area contributed by atoms with Gasteiger partial charge >= 0.3 is 5.97 Å². The third-order valence-corrected chi connectivity index (χ3v) is 2.86. The molecule has 2 unspecified atom stereocenters. The Morgan fingerprint density at radius 2 is 2.12 bits per heavy atom. The predicted molar refractivity (Wildman–Crippen MR) is 60.1 cm³/mol. The standard InChI is InChI=1S/C12H15NO4/c14-8-10-11(15)6-7-13(10)17-12(16)9-4-2-1-3-5-9/h1-5,10-11,14-15H,6-8H2. The molecule has 5 heteroatoms. The maximum Gasteiger partial charge on any atom is 0.357 e. The molecule has 1 aliphatic rings. The first-order chi connectivity index (χ1) is 8.22. The molecule has 0 aromatic heterocycles. The van der Waals surface area contributed by atoms with Gasteiger partial charge in [0, 0.05) is 6.54 Å². The molecule has 1 aromatic rings. The molecule has 1 aliphatic heterocycles. The van der Waals surface area contributed by atoms with Crippen LogP contribution in [0.5, 0.6) is 0 Å². The van der Waals surface area contributed by atoms with Crippen molar-refractivity contribution in [3.63, 3.8) is 0 Å². The van der Waals surface area contributed by atoms with Crippen molar-refractivity contribution in [3.8, 4) is 0 Å². The zero-order valence-corrected chi connectivity index (χ0v) is 9.32. The largest absolute Gasteiger partial charge is 0.395 e. The Balaban J connectivity index is 2.00. The van der Waals surface area contributed by atoms with Crippen LogP contribution >= 0.6 is 0 Å². The molecular weight excluding hydrogens is 222 g/mol. The Morgan fingerprint density at radius 1 is 1.41 bits per heavy atom. The summed E-state index contributed by atoms with van der Waals surface area (Å²) in [4.78, 5) is 16.9. The lowest BCUT2D eigenvalue weighted by Crippen LogP contribution is -2.39. The van der Waals surface area contributed by atoms with Crippen molar-refractivity contribution >= 4 is 5.97 Å². The van der Waals surface area contributed by atoms with Crippen molar-refractivity contribution in [2.45, 2.75) is 18.6 Å². The fourth-order valence-corrected chi connectivity index (χ4v) is 1.87. The summed E-state index contributed by atoms with van der Waals surface area (Å²) < 4.78 is 0. The Bertz CT molecular complexity index is 381. The number of carbonyl (C=O) groups is 1. The van der Waals surface area contributed by atoms with E-state index in [-0.39, 0.29) is 6.61 Å². The van der Waals surface area contributed by atoms with Crippen molar-refractivity contribution in [3.05, 3.63) is 35.9 Å². The zero-order chi connectivity index (χ0) is 12.3. The molecule has 2 rings (SSSR count). The number of hydroxylamine groups is 2. The van der Waals surface area contributed by atoms with Crippen LogP contribution in [0.25, 0.3) is 0 Å². The van der Waals surface area contributed by atoms with Crippen LogP contribution in [-0.4, -0.2) is 46.5 Å². The third-order valence-electron chi connectivity index (χ3n) is 2.86. The normalized spacial score (nSPS) is 24.8.